The molecule has 142 valence electrons. The van der Waals surface area contributed by atoms with E-state index in [1.54, 1.807) is 13.2 Å². The standard InChI is InChI=1S/C17H23ClN6O.HI/c1-11-14(12(2)25-23-11)9-21-17(19-3)22-13-6-8-24(10-13)16-15(18)5-4-7-20-16;/h4-5,7,13H,6,8-10H2,1-3H3,(H2,19,21,22);1H. The van der Waals surface area contributed by atoms with Gasteiger partial charge in [-0.2, -0.15) is 0 Å². The van der Waals surface area contributed by atoms with Crippen LogP contribution in [0.25, 0.3) is 0 Å². The summed E-state index contributed by atoms with van der Waals surface area (Å²) in [4.78, 5) is 10.9. The summed E-state index contributed by atoms with van der Waals surface area (Å²) in [5, 5.41) is 11.4. The third-order valence-corrected chi connectivity index (χ3v) is 4.70. The van der Waals surface area contributed by atoms with Crippen LogP contribution < -0.4 is 15.5 Å². The van der Waals surface area contributed by atoms with E-state index in [0.29, 0.717) is 11.6 Å². The van der Waals surface area contributed by atoms with Crippen LogP contribution >= 0.6 is 35.6 Å². The molecule has 9 heteroatoms. The average Bonchev–Trinajstić information content (AvgIpc) is 3.19. The van der Waals surface area contributed by atoms with E-state index in [-0.39, 0.29) is 30.0 Å². The Hall–Kier alpha value is -1.55. The number of pyridine rings is 1. The fourth-order valence-corrected chi connectivity index (χ4v) is 3.24. The maximum Gasteiger partial charge on any atom is 0.191 e. The Balaban J connectivity index is 0.00000243. The Morgan fingerprint density at radius 2 is 2.27 bits per heavy atom. The molecule has 0 saturated carbocycles. The first kappa shape index (κ1) is 20.8. The summed E-state index contributed by atoms with van der Waals surface area (Å²) >= 11 is 6.25. The van der Waals surface area contributed by atoms with E-state index in [1.165, 1.54) is 0 Å². The minimum atomic E-state index is 0. The summed E-state index contributed by atoms with van der Waals surface area (Å²) < 4.78 is 5.19. The minimum Gasteiger partial charge on any atom is -0.361 e. The topological polar surface area (TPSA) is 78.6 Å². The molecule has 1 atom stereocenters. The van der Waals surface area contributed by atoms with Crippen LogP contribution in [0.4, 0.5) is 5.82 Å². The van der Waals surface area contributed by atoms with Crippen molar-refractivity contribution >= 4 is 47.4 Å². The second-order valence-electron chi connectivity index (χ2n) is 6.11. The average molecular weight is 491 g/mol. The summed E-state index contributed by atoms with van der Waals surface area (Å²) in [6.07, 6.45) is 2.77. The van der Waals surface area contributed by atoms with Crippen LogP contribution in [0.3, 0.4) is 0 Å². The maximum atomic E-state index is 6.25. The summed E-state index contributed by atoms with van der Waals surface area (Å²) in [6, 6.07) is 4.00. The number of hydrogen-bond acceptors (Lipinski definition) is 5. The van der Waals surface area contributed by atoms with Crippen molar-refractivity contribution in [3.05, 3.63) is 40.4 Å². The van der Waals surface area contributed by atoms with E-state index in [4.69, 9.17) is 16.1 Å². The quantitative estimate of drug-likeness (QED) is 0.390. The van der Waals surface area contributed by atoms with Crippen LogP contribution in [0, 0.1) is 13.8 Å². The molecule has 1 saturated heterocycles. The van der Waals surface area contributed by atoms with Gasteiger partial charge in [0.2, 0.25) is 0 Å². The number of aliphatic imine (C=N–C) groups is 1. The monoisotopic (exact) mass is 490 g/mol. The first-order valence-electron chi connectivity index (χ1n) is 8.33. The van der Waals surface area contributed by atoms with Crippen molar-refractivity contribution in [3.63, 3.8) is 0 Å². The third-order valence-electron chi connectivity index (χ3n) is 4.41. The zero-order valence-corrected chi connectivity index (χ0v) is 18.2. The van der Waals surface area contributed by atoms with Crippen LogP contribution in [0.1, 0.15) is 23.4 Å². The number of anilines is 1. The van der Waals surface area contributed by atoms with Crippen molar-refractivity contribution in [1.82, 2.24) is 20.8 Å². The molecule has 26 heavy (non-hydrogen) atoms. The normalized spacial score (nSPS) is 17.2. The fraction of sp³-hybridized carbons (Fsp3) is 0.471. The van der Waals surface area contributed by atoms with Gasteiger partial charge in [-0.1, -0.05) is 16.8 Å². The summed E-state index contributed by atoms with van der Waals surface area (Å²) in [6.45, 7) is 6.23. The van der Waals surface area contributed by atoms with Gasteiger partial charge in [0.1, 0.15) is 11.6 Å². The molecule has 0 aromatic carbocycles. The maximum absolute atomic E-state index is 6.25. The third kappa shape index (κ3) is 4.79. The van der Waals surface area contributed by atoms with Crippen molar-refractivity contribution in [2.75, 3.05) is 25.0 Å². The van der Waals surface area contributed by atoms with Gasteiger partial charge in [-0.25, -0.2) is 4.98 Å². The van der Waals surface area contributed by atoms with E-state index in [0.717, 1.165) is 48.3 Å². The molecule has 1 unspecified atom stereocenters. The first-order chi connectivity index (χ1) is 12.1. The number of rotatable bonds is 4. The van der Waals surface area contributed by atoms with Crippen LogP contribution in [0.5, 0.6) is 0 Å². The van der Waals surface area contributed by atoms with Crippen molar-refractivity contribution in [2.24, 2.45) is 4.99 Å². The van der Waals surface area contributed by atoms with E-state index >= 15 is 0 Å². The van der Waals surface area contributed by atoms with Crippen LogP contribution in [-0.4, -0.2) is 42.3 Å². The highest BCUT2D eigenvalue weighted by Crippen LogP contribution is 2.25. The largest absolute Gasteiger partial charge is 0.361 e. The van der Waals surface area contributed by atoms with E-state index in [1.807, 2.05) is 26.0 Å². The Kier molecular flexibility index (Phi) is 7.51. The van der Waals surface area contributed by atoms with Crippen LogP contribution in [0.2, 0.25) is 5.02 Å². The van der Waals surface area contributed by atoms with E-state index in [2.05, 4.69) is 30.7 Å². The molecule has 2 aromatic rings. The second-order valence-corrected chi connectivity index (χ2v) is 6.52. The smallest absolute Gasteiger partial charge is 0.191 e. The number of nitrogens with zero attached hydrogens (tertiary/aromatic N) is 4. The number of hydrogen-bond donors (Lipinski definition) is 2. The van der Waals surface area contributed by atoms with Gasteiger partial charge < -0.3 is 20.1 Å². The number of aryl methyl sites for hydroxylation is 2. The van der Waals surface area contributed by atoms with Gasteiger partial charge in [-0.15, -0.1) is 24.0 Å². The zero-order valence-electron chi connectivity index (χ0n) is 15.1. The van der Waals surface area contributed by atoms with Gasteiger partial charge in [-0.05, 0) is 32.4 Å². The van der Waals surface area contributed by atoms with Gasteiger partial charge in [0.25, 0.3) is 0 Å². The second kappa shape index (κ2) is 9.40. The van der Waals surface area contributed by atoms with Gasteiger partial charge in [-0.3, -0.25) is 4.99 Å². The Bertz CT molecular complexity index is 746. The first-order valence-corrected chi connectivity index (χ1v) is 8.70. The number of aromatic nitrogens is 2. The minimum absolute atomic E-state index is 0. The molecular formula is C17H24ClIN6O. The number of nitrogens with one attached hydrogen (secondary N) is 2. The highest BCUT2D eigenvalue weighted by atomic mass is 127. The number of guanidine groups is 1. The molecule has 1 fully saturated rings. The lowest BCUT2D eigenvalue weighted by molar-refractivity contribution is 0.392. The fourth-order valence-electron chi connectivity index (χ4n) is 2.99. The Morgan fingerprint density at radius 1 is 1.46 bits per heavy atom. The lowest BCUT2D eigenvalue weighted by Gasteiger charge is -2.20. The molecule has 1 aliphatic heterocycles. The van der Waals surface area contributed by atoms with Crippen molar-refractivity contribution < 1.29 is 4.52 Å². The van der Waals surface area contributed by atoms with Crippen molar-refractivity contribution in [3.8, 4) is 0 Å². The Labute approximate surface area is 175 Å². The molecule has 0 radical (unpaired) electrons. The number of halogens is 2. The van der Waals surface area contributed by atoms with E-state index < -0.39 is 0 Å². The molecule has 0 aliphatic carbocycles. The predicted octanol–water partition coefficient (Wildman–Crippen LogP) is 2.90. The molecule has 3 heterocycles. The molecule has 2 aromatic heterocycles. The molecule has 0 amide bonds. The molecule has 2 N–H and O–H groups in total. The molecule has 0 spiro atoms. The zero-order chi connectivity index (χ0) is 17.8. The van der Waals surface area contributed by atoms with Gasteiger partial charge in [0, 0.05) is 44.5 Å². The van der Waals surface area contributed by atoms with Crippen molar-refractivity contribution in [2.45, 2.75) is 32.9 Å². The highest BCUT2D eigenvalue weighted by molar-refractivity contribution is 14.0. The molecule has 0 bridgehead atoms. The van der Waals surface area contributed by atoms with Gasteiger partial charge in [0.15, 0.2) is 5.96 Å². The molecule has 1 aliphatic rings. The van der Waals surface area contributed by atoms with Crippen LogP contribution in [0.15, 0.2) is 27.8 Å². The summed E-state index contributed by atoms with van der Waals surface area (Å²) in [5.74, 6) is 2.43. The molecular weight excluding hydrogens is 467 g/mol. The molecule has 3 rings (SSSR count). The van der Waals surface area contributed by atoms with Gasteiger partial charge in [0.05, 0.1) is 10.7 Å². The summed E-state index contributed by atoms with van der Waals surface area (Å²) in [5.41, 5.74) is 1.97. The summed E-state index contributed by atoms with van der Waals surface area (Å²) in [7, 11) is 1.77. The predicted molar refractivity (Wildman–Crippen MR) is 115 cm³/mol. The highest BCUT2D eigenvalue weighted by Gasteiger charge is 2.25. The Morgan fingerprint density at radius 3 is 2.92 bits per heavy atom. The van der Waals surface area contributed by atoms with E-state index in [9.17, 15) is 0 Å². The lowest BCUT2D eigenvalue weighted by atomic mass is 10.2. The van der Waals surface area contributed by atoms with Crippen LogP contribution in [-0.2, 0) is 6.54 Å². The SMILES string of the molecule is CN=C(NCc1c(C)noc1C)NC1CCN(c2ncccc2Cl)C1.I. The van der Waals surface area contributed by atoms with Crippen molar-refractivity contribution in [1.29, 1.82) is 0 Å². The van der Waals surface area contributed by atoms with Gasteiger partial charge >= 0.3 is 0 Å². The molecule has 7 nitrogen and oxygen atoms in total. The lowest BCUT2D eigenvalue weighted by Crippen LogP contribution is -2.44.